The maximum atomic E-state index is 12.0. The minimum Gasteiger partial charge on any atom is -0.475 e. The van der Waals surface area contributed by atoms with Gasteiger partial charge in [-0.25, -0.2) is 4.79 Å². The largest absolute Gasteiger partial charge is 0.475 e. The zero-order valence-electron chi connectivity index (χ0n) is 8.83. The molecule has 1 atom stereocenters. The van der Waals surface area contributed by atoms with Gasteiger partial charge in [0.2, 0.25) is 5.76 Å². The fraction of sp³-hybridized carbons (Fsp3) is 0.0833. The minimum atomic E-state index is -1.26. The summed E-state index contributed by atoms with van der Waals surface area (Å²) in [6, 6.07) is 10.4. The van der Waals surface area contributed by atoms with E-state index in [1.54, 1.807) is 24.3 Å². The maximum absolute atomic E-state index is 12.0. The van der Waals surface area contributed by atoms with Crippen LogP contribution in [0.4, 0.5) is 0 Å². The first-order valence-electron chi connectivity index (χ1n) is 4.91. The Hall–Kier alpha value is -1.88. The molecule has 0 aliphatic heterocycles. The Morgan fingerprint density at radius 3 is 2.59 bits per heavy atom. The Labute approximate surface area is 100 Å². The molecule has 0 radical (unpaired) electrons. The normalized spacial score (nSPS) is 12.2. The van der Waals surface area contributed by atoms with Crippen molar-refractivity contribution in [3.05, 3.63) is 54.0 Å². The monoisotopic (exact) mass is 250 g/mol. The van der Waals surface area contributed by atoms with E-state index in [0.29, 0.717) is 10.5 Å². The van der Waals surface area contributed by atoms with E-state index < -0.39 is 16.8 Å². The molecular weight excluding hydrogens is 240 g/mol. The summed E-state index contributed by atoms with van der Waals surface area (Å²) in [6.45, 7) is 0. The van der Waals surface area contributed by atoms with Gasteiger partial charge in [-0.05, 0) is 18.2 Å². The Morgan fingerprint density at radius 1 is 1.24 bits per heavy atom. The molecule has 1 heterocycles. The van der Waals surface area contributed by atoms with Gasteiger partial charge in [0.1, 0.15) is 0 Å². The van der Waals surface area contributed by atoms with E-state index in [2.05, 4.69) is 0 Å². The smallest absolute Gasteiger partial charge is 0.372 e. The number of aromatic carboxylic acids is 1. The SMILES string of the molecule is O=C(O)c1occc1CS(=O)c1ccccc1. The Bertz CT molecular complexity index is 545. The number of rotatable bonds is 4. The summed E-state index contributed by atoms with van der Waals surface area (Å²) in [4.78, 5) is 11.5. The predicted octanol–water partition coefficient (Wildman–Crippen LogP) is 2.29. The van der Waals surface area contributed by atoms with Crippen LogP contribution in [0.2, 0.25) is 0 Å². The van der Waals surface area contributed by atoms with E-state index in [4.69, 9.17) is 9.52 Å². The molecule has 0 bridgehead atoms. The molecule has 5 heteroatoms. The summed E-state index contributed by atoms with van der Waals surface area (Å²) in [5.41, 5.74) is 0.444. The molecule has 2 rings (SSSR count). The fourth-order valence-corrected chi connectivity index (χ4v) is 2.57. The van der Waals surface area contributed by atoms with Gasteiger partial charge in [-0.2, -0.15) is 0 Å². The molecule has 1 aromatic heterocycles. The number of hydrogen-bond acceptors (Lipinski definition) is 3. The lowest BCUT2D eigenvalue weighted by Crippen LogP contribution is -2.02. The number of furan rings is 1. The molecule has 0 spiro atoms. The zero-order valence-corrected chi connectivity index (χ0v) is 9.65. The standard InChI is InChI=1S/C12H10O4S/c13-12(14)11-9(6-7-16-11)8-17(15)10-4-2-1-3-5-10/h1-7H,8H2,(H,13,14). The van der Waals surface area contributed by atoms with Crippen molar-refractivity contribution in [1.29, 1.82) is 0 Å². The third-order valence-electron chi connectivity index (χ3n) is 2.23. The molecule has 0 aliphatic carbocycles. The first-order chi connectivity index (χ1) is 8.18. The van der Waals surface area contributed by atoms with Crippen LogP contribution >= 0.6 is 0 Å². The van der Waals surface area contributed by atoms with Gasteiger partial charge in [0, 0.05) is 10.5 Å². The molecular formula is C12H10O4S. The van der Waals surface area contributed by atoms with Crippen molar-refractivity contribution < 1.29 is 18.5 Å². The highest BCUT2D eigenvalue weighted by molar-refractivity contribution is 7.84. The van der Waals surface area contributed by atoms with Crippen LogP contribution in [0.15, 0.2) is 52.0 Å². The second-order valence-corrected chi connectivity index (χ2v) is 4.83. The van der Waals surface area contributed by atoms with E-state index in [1.807, 2.05) is 6.07 Å². The molecule has 4 nitrogen and oxygen atoms in total. The first kappa shape index (κ1) is 11.6. The van der Waals surface area contributed by atoms with Crippen LogP contribution in [0, 0.1) is 0 Å². The van der Waals surface area contributed by atoms with E-state index >= 15 is 0 Å². The molecule has 0 fully saturated rings. The van der Waals surface area contributed by atoms with Crippen molar-refractivity contribution in [2.45, 2.75) is 10.6 Å². The topological polar surface area (TPSA) is 67.5 Å². The molecule has 88 valence electrons. The zero-order chi connectivity index (χ0) is 12.3. The van der Waals surface area contributed by atoms with Gasteiger partial charge in [0.05, 0.1) is 22.8 Å². The highest BCUT2D eigenvalue weighted by atomic mass is 32.2. The lowest BCUT2D eigenvalue weighted by Gasteiger charge is -2.00. The highest BCUT2D eigenvalue weighted by Crippen LogP contribution is 2.16. The van der Waals surface area contributed by atoms with Crippen molar-refractivity contribution in [3.63, 3.8) is 0 Å². The van der Waals surface area contributed by atoms with Crippen LogP contribution in [0.3, 0.4) is 0 Å². The van der Waals surface area contributed by atoms with Crippen LogP contribution in [0.1, 0.15) is 16.1 Å². The van der Waals surface area contributed by atoms with Gasteiger partial charge >= 0.3 is 5.97 Å². The van der Waals surface area contributed by atoms with Gasteiger partial charge in [-0.1, -0.05) is 18.2 Å². The van der Waals surface area contributed by atoms with Gasteiger partial charge in [-0.3, -0.25) is 4.21 Å². The van der Waals surface area contributed by atoms with Crippen LogP contribution in [-0.4, -0.2) is 15.3 Å². The Morgan fingerprint density at radius 2 is 1.94 bits per heavy atom. The second kappa shape index (κ2) is 4.97. The van der Waals surface area contributed by atoms with Gasteiger partial charge in [0.25, 0.3) is 0 Å². The lowest BCUT2D eigenvalue weighted by molar-refractivity contribution is 0.0661. The Balaban J connectivity index is 2.19. The fourth-order valence-electron chi connectivity index (χ4n) is 1.43. The van der Waals surface area contributed by atoms with E-state index in [0.717, 1.165) is 0 Å². The van der Waals surface area contributed by atoms with Crippen molar-refractivity contribution in [3.8, 4) is 0 Å². The Kier molecular flexibility index (Phi) is 3.39. The molecule has 2 aromatic rings. The van der Waals surface area contributed by atoms with Crippen molar-refractivity contribution >= 4 is 16.8 Å². The summed E-state index contributed by atoms with van der Waals surface area (Å²) in [5, 5.41) is 8.85. The van der Waals surface area contributed by atoms with Crippen LogP contribution in [0.25, 0.3) is 0 Å². The molecule has 0 amide bonds. The van der Waals surface area contributed by atoms with E-state index in [9.17, 15) is 9.00 Å². The lowest BCUT2D eigenvalue weighted by atomic mass is 10.3. The molecule has 1 N–H and O–H groups in total. The quantitative estimate of drug-likeness (QED) is 0.904. The summed E-state index contributed by atoms with van der Waals surface area (Å²) in [5.74, 6) is -1.15. The average Bonchev–Trinajstić information content (AvgIpc) is 2.78. The number of hydrogen-bond donors (Lipinski definition) is 1. The molecule has 0 aliphatic rings. The highest BCUT2D eigenvalue weighted by Gasteiger charge is 2.16. The van der Waals surface area contributed by atoms with Crippen LogP contribution in [0.5, 0.6) is 0 Å². The summed E-state index contributed by atoms with van der Waals surface area (Å²) < 4.78 is 16.8. The average molecular weight is 250 g/mol. The number of carboxylic acids is 1. The molecule has 0 saturated heterocycles. The predicted molar refractivity (Wildman–Crippen MR) is 62.2 cm³/mol. The van der Waals surface area contributed by atoms with Crippen LogP contribution < -0.4 is 0 Å². The molecule has 1 unspecified atom stereocenters. The van der Waals surface area contributed by atoms with Crippen molar-refractivity contribution in [1.82, 2.24) is 0 Å². The number of carboxylic acid groups (broad SMARTS) is 1. The molecule has 17 heavy (non-hydrogen) atoms. The summed E-state index contributed by atoms with van der Waals surface area (Å²) in [7, 11) is -1.26. The minimum absolute atomic E-state index is 0.141. The molecule has 0 saturated carbocycles. The van der Waals surface area contributed by atoms with Gasteiger partial charge in [0.15, 0.2) is 0 Å². The summed E-state index contributed by atoms with van der Waals surface area (Å²) >= 11 is 0. The molecule has 1 aromatic carbocycles. The number of carbonyl (C=O) groups is 1. The van der Waals surface area contributed by atoms with Crippen molar-refractivity contribution in [2.24, 2.45) is 0 Å². The van der Waals surface area contributed by atoms with E-state index in [1.165, 1.54) is 12.3 Å². The first-order valence-corrected chi connectivity index (χ1v) is 6.23. The summed E-state index contributed by atoms with van der Waals surface area (Å²) in [6.07, 6.45) is 1.29. The number of benzene rings is 1. The third kappa shape index (κ3) is 2.62. The second-order valence-electron chi connectivity index (χ2n) is 3.38. The van der Waals surface area contributed by atoms with Crippen LogP contribution in [-0.2, 0) is 16.6 Å². The van der Waals surface area contributed by atoms with Gasteiger partial charge in [-0.15, -0.1) is 0 Å². The van der Waals surface area contributed by atoms with Crippen molar-refractivity contribution in [2.75, 3.05) is 0 Å². The van der Waals surface area contributed by atoms with E-state index in [-0.39, 0.29) is 11.5 Å². The maximum Gasteiger partial charge on any atom is 0.372 e. The third-order valence-corrected chi connectivity index (χ3v) is 3.60. The van der Waals surface area contributed by atoms with Gasteiger partial charge < -0.3 is 9.52 Å².